The van der Waals surface area contributed by atoms with Crippen LogP contribution >= 0.6 is 11.8 Å². The highest BCUT2D eigenvalue weighted by Gasteiger charge is 2.27. The van der Waals surface area contributed by atoms with E-state index in [0.29, 0.717) is 12.3 Å². The zero-order valence-corrected chi connectivity index (χ0v) is 15.2. The molecule has 0 spiro atoms. The van der Waals surface area contributed by atoms with Crippen LogP contribution in [0.1, 0.15) is 0 Å². The van der Waals surface area contributed by atoms with Gasteiger partial charge in [-0.1, -0.05) is 24.3 Å². The van der Waals surface area contributed by atoms with Crippen LogP contribution in [0, 0.1) is 5.82 Å². The Labute approximate surface area is 155 Å². The lowest BCUT2D eigenvalue weighted by atomic mass is 10.2. The van der Waals surface area contributed by atoms with Crippen molar-refractivity contribution >= 4 is 29.3 Å². The predicted molar refractivity (Wildman–Crippen MR) is 99.1 cm³/mol. The standard InChI is InChI=1S/C19H19FN2O3S/c1-21(10-11-25-16-8-4-2-6-14(16)20)18(23)12-22-15-7-3-5-9-17(15)26-13-19(22)24/h2-9H,10-13H2,1H3. The number of ether oxygens (including phenoxy) is 1. The van der Waals surface area contributed by atoms with Crippen LogP contribution < -0.4 is 9.64 Å². The second-order valence-electron chi connectivity index (χ2n) is 5.83. The number of rotatable bonds is 6. The molecule has 5 nitrogen and oxygen atoms in total. The number of para-hydroxylation sites is 2. The fourth-order valence-electron chi connectivity index (χ4n) is 2.56. The van der Waals surface area contributed by atoms with Gasteiger partial charge in [-0.3, -0.25) is 9.59 Å². The Bertz CT molecular complexity index is 815. The number of amides is 2. The first-order chi connectivity index (χ1) is 12.6. The molecule has 0 radical (unpaired) electrons. The fraction of sp³-hybridized carbons (Fsp3) is 0.263. The SMILES string of the molecule is CN(CCOc1ccccc1F)C(=O)CN1C(=O)CSc2ccccc21. The van der Waals surface area contributed by atoms with Crippen LogP contribution in [0.3, 0.4) is 0 Å². The minimum absolute atomic E-state index is 0.0212. The lowest BCUT2D eigenvalue weighted by Crippen LogP contribution is -2.44. The van der Waals surface area contributed by atoms with E-state index in [4.69, 9.17) is 4.74 Å². The van der Waals surface area contributed by atoms with E-state index in [9.17, 15) is 14.0 Å². The smallest absolute Gasteiger partial charge is 0.242 e. The molecule has 2 aromatic rings. The predicted octanol–water partition coefficient (Wildman–Crippen LogP) is 2.80. The van der Waals surface area contributed by atoms with Crippen molar-refractivity contribution in [2.45, 2.75) is 4.90 Å². The summed E-state index contributed by atoms with van der Waals surface area (Å²) in [5.41, 5.74) is 0.762. The third kappa shape index (κ3) is 4.16. The molecule has 0 fully saturated rings. The third-order valence-corrected chi connectivity index (χ3v) is 5.10. The van der Waals surface area contributed by atoms with Crippen LogP contribution in [0.15, 0.2) is 53.4 Å². The molecule has 0 N–H and O–H groups in total. The Morgan fingerprint density at radius 1 is 1.23 bits per heavy atom. The van der Waals surface area contributed by atoms with Gasteiger partial charge in [0.05, 0.1) is 18.0 Å². The molecule has 1 aliphatic rings. The van der Waals surface area contributed by atoms with E-state index in [-0.39, 0.29) is 30.7 Å². The first-order valence-corrected chi connectivity index (χ1v) is 9.18. The summed E-state index contributed by atoms with van der Waals surface area (Å²) >= 11 is 1.48. The van der Waals surface area contributed by atoms with Gasteiger partial charge in [-0.15, -0.1) is 11.8 Å². The van der Waals surface area contributed by atoms with E-state index in [0.717, 1.165) is 10.6 Å². The monoisotopic (exact) mass is 374 g/mol. The van der Waals surface area contributed by atoms with Crippen molar-refractivity contribution in [2.75, 3.05) is 37.4 Å². The summed E-state index contributed by atoms with van der Waals surface area (Å²) in [5.74, 6) is -0.236. The lowest BCUT2D eigenvalue weighted by molar-refractivity contribution is -0.130. The van der Waals surface area contributed by atoms with Gasteiger partial charge >= 0.3 is 0 Å². The molecule has 136 valence electrons. The second kappa shape index (κ2) is 8.23. The normalized spacial score (nSPS) is 13.3. The Morgan fingerprint density at radius 3 is 2.77 bits per heavy atom. The molecule has 1 heterocycles. The number of hydrogen-bond donors (Lipinski definition) is 0. The highest BCUT2D eigenvalue weighted by atomic mass is 32.2. The second-order valence-corrected chi connectivity index (χ2v) is 6.85. The van der Waals surface area contributed by atoms with Gasteiger partial charge in [0, 0.05) is 11.9 Å². The van der Waals surface area contributed by atoms with Gasteiger partial charge in [0.1, 0.15) is 13.2 Å². The van der Waals surface area contributed by atoms with E-state index >= 15 is 0 Å². The molecule has 0 atom stereocenters. The van der Waals surface area contributed by atoms with Crippen LogP contribution in [-0.2, 0) is 9.59 Å². The van der Waals surface area contributed by atoms with Crippen LogP contribution in [0.5, 0.6) is 5.75 Å². The van der Waals surface area contributed by atoms with Gasteiger partial charge < -0.3 is 14.5 Å². The number of carbonyl (C=O) groups is 2. The largest absolute Gasteiger partial charge is 0.489 e. The number of hydrogen-bond acceptors (Lipinski definition) is 4. The Kier molecular flexibility index (Phi) is 5.78. The molecule has 7 heteroatoms. The zero-order chi connectivity index (χ0) is 18.5. The van der Waals surface area contributed by atoms with E-state index in [1.165, 1.54) is 33.7 Å². The maximum atomic E-state index is 13.5. The molecular weight excluding hydrogens is 355 g/mol. The number of likely N-dealkylation sites (N-methyl/N-ethyl adjacent to an activating group) is 1. The summed E-state index contributed by atoms with van der Waals surface area (Å²) in [6.45, 7) is 0.446. The molecule has 1 aliphatic heterocycles. The number of benzene rings is 2. The van der Waals surface area contributed by atoms with Gasteiger partial charge in [-0.2, -0.15) is 0 Å². The number of carbonyl (C=O) groups excluding carboxylic acids is 2. The number of halogens is 1. The number of nitrogens with zero attached hydrogens (tertiary/aromatic N) is 2. The van der Waals surface area contributed by atoms with Gasteiger partial charge in [-0.25, -0.2) is 4.39 Å². The molecule has 0 bridgehead atoms. The Balaban J connectivity index is 1.56. The van der Waals surface area contributed by atoms with Crippen LogP contribution in [0.2, 0.25) is 0 Å². The molecule has 3 rings (SSSR count). The van der Waals surface area contributed by atoms with Crippen molar-refractivity contribution in [3.63, 3.8) is 0 Å². The number of thioether (sulfide) groups is 1. The van der Waals surface area contributed by atoms with E-state index in [1.807, 2.05) is 24.3 Å². The summed E-state index contributed by atoms with van der Waals surface area (Å²) in [7, 11) is 1.64. The average Bonchev–Trinajstić information content (AvgIpc) is 2.65. The molecule has 2 aromatic carbocycles. The minimum atomic E-state index is -0.436. The first-order valence-electron chi connectivity index (χ1n) is 8.20. The molecule has 0 saturated carbocycles. The maximum Gasteiger partial charge on any atom is 0.242 e. The van der Waals surface area contributed by atoms with Gasteiger partial charge in [0.15, 0.2) is 11.6 Å². The van der Waals surface area contributed by atoms with Gasteiger partial charge in [0.25, 0.3) is 0 Å². The van der Waals surface area contributed by atoms with Crippen molar-refractivity contribution in [1.82, 2.24) is 4.90 Å². The summed E-state index contributed by atoms with van der Waals surface area (Å²) in [4.78, 5) is 28.7. The van der Waals surface area contributed by atoms with E-state index in [1.54, 1.807) is 19.2 Å². The molecule has 0 aliphatic carbocycles. The lowest BCUT2D eigenvalue weighted by Gasteiger charge is -2.30. The molecule has 0 unspecified atom stereocenters. The Morgan fingerprint density at radius 2 is 1.96 bits per heavy atom. The van der Waals surface area contributed by atoms with Crippen LogP contribution in [-0.4, -0.2) is 49.2 Å². The van der Waals surface area contributed by atoms with Crippen molar-refractivity contribution in [3.8, 4) is 5.75 Å². The number of anilines is 1. The van der Waals surface area contributed by atoms with E-state index in [2.05, 4.69) is 0 Å². The van der Waals surface area contributed by atoms with E-state index < -0.39 is 5.82 Å². The highest BCUT2D eigenvalue weighted by Crippen LogP contribution is 2.34. The van der Waals surface area contributed by atoms with Crippen molar-refractivity contribution in [3.05, 3.63) is 54.3 Å². The topological polar surface area (TPSA) is 49.9 Å². The Hall–Kier alpha value is -2.54. The summed E-state index contributed by atoms with van der Waals surface area (Å²) in [6, 6.07) is 13.7. The summed E-state index contributed by atoms with van der Waals surface area (Å²) < 4.78 is 18.9. The average molecular weight is 374 g/mol. The number of fused-ring (bicyclic) bond motifs is 1. The van der Waals surface area contributed by atoms with Crippen molar-refractivity contribution < 1.29 is 18.7 Å². The van der Waals surface area contributed by atoms with Gasteiger partial charge in [-0.05, 0) is 24.3 Å². The maximum absolute atomic E-state index is 13.5. The van der Waals surface area contributed by atoms with Crippen LogP contribution in [0.25, 0.3) is 0 Å². The van der Waals surface area contributed by atoms with Crippen LogP contribution in [0.4, 0.5) is 10.1 Å². The fourth-order valence-corrected chi connectivity index (χ4v) is 3.50. The molecule has 26 heavy (non-hydrogen) atoms. The quantitative estimate of drug-likeness (QED) is 0.780. The first kappa shape index (κ1) is 18.3. The summed E-state index contributed by atoms with van der Waals surface area (Å²) in [6.07, 6.45) is 0. The minimum Gasteiger partial charge on any atom is -0.489 e. The van der Waals surface area contributed by atoms with Gasteiger partial charge in [0.2, 0.25) is 11.8 Å². The highest BCUT2D eigenvalue weighted by molar-refractivity contribution is 8.00. The zero-order valence-electron chi connectivity index (χ0n) is 14.4. The molecular formula is C19H19FN2O3S. The third-order valence-electron chi connectivity index (χ3n) is 4.05. The molecule has 0 aromatic heterocycles. The van der Waals surface area contributed by atoms with Crippen molar-refractivity contribution in [2.24, 2.45) is 0 Å². The molecule has 2 amide bonds. The molecule has 0 saturated heterocycles. The van der Waals surface area contributed by atoms with Crippen molar-refractivity contribution in [1.29, 1.82) is 0 Å². The summed E-state index contributed by atoms with van der Waals surface area (Å²) in [5, 5.41) is 0.